The minimum atomic E-state index is -3.71. The van der Waals surface area contributed by atoms with Gasteiger partial charge < -0.3 is 10.2 Å². The fourth-order valence-corrected chi connectivity index (χ4v) is 6.43. The van der Waals surface area contributed by atoms with Crippen LogP contribution in [0.3, 0.4) is 0 Å². The van der Waals surface area contributed by atoms with Crippen LogP contribution in [0.25, 0.3) is 0 Å². The van der Waals surface area contributed by atoms with Gasteiger partial charge in [-0.2, -0.15) is 4.31 Å². The zero-order chi connectivity index (χ0) is 17.8. The van der Waals surface area contributed by atoms with E-state index in [-0.39, 0.29) is 10.3 Å². The Balaban J connectivity index is 2.05. The summed E-state index contributed by atoms with van der Waals surface area (Å²) < 4.78 is 27.9. The molecule has 1 aromatic carbocycles. The molecule has 3 atom stereocenters. The number of aliphatic hydroxyl groups excluding tert-OH is 2. The summed E-state index contributed by atoms with van der Waals surface area (Å²) >= 11 is 0. The molecule has 1 spiro atoms. The van der Waals surface area contributed by atoms with Crippen LogP contribution in [-0.4, -0.2) is 47.2 Å². The maximum absolute atomic E-state index is 13.2. The van der Waals surface area contributed by atoms with Crippen molar-refractivity contribution < 1.29 is 18.6 Å². The van der Waals surface area contributed by atoms with Crippen LogP contribution in [0.5, 0.6) is 0 Å². The zero-order valence-corrected chi connectivity index (χ0v) is 15.4. The Morgan fingerprint density at radius 2 is 1.79 bits per heavy atom. The maximum atomic E-state index is 13.2. The standard InChI is InChI=1S/C18H27NO4S/c1-13-5-7-14(8-6-13)24(22,23)19-10-4-9-18(19)12-17(2,3)11-15(20)16(18)21/h5-8,15-16,20-21H,4,9-12H2,1-3H3/t15-,16-,18-/m1/s1. The van der Waals surface area contributed by atoms with Gasteiger partial charge in [-0.05, 0) is 50.2 Å². The van der Waals surface area contributed by atoms with Crippen molar-refractivity contribution in [2.24, 2.45) is 5.41 Å². The minimum Gasteiger partial charge on any atom is -0.390 e. The van der Waals surface area contributed by atoms with Crippen molar-refractivity contribution in [1.29, 1.82) is 0 Å². The Morgan fingerprint density at radius 3 is 2.42 bits per heavy atom. The van der Waals surface area contributed by atoms with E-state index in [4.69, 9.17) is 0 Å². The van der Waals surface area contributed by atoms with E-state index in [2.05, 4.69) is 0 Å². The quantitative estimate of drug-likeness (QED) is 0.853. The third kappa shape index (κ3) is 2.79. The van der Waals surface area contributed by atoms with E-state index in [9.17, 15) is 18.6 Å². The molecule has 134 valence electrons. The van der Waals surface area contributed by atoms with Gasteiger partial charge in [-0.3, -0.25) is 0 Å². The zero-order valence-electron chi connectivity index (χ0n) is 14.6. The van der Waals surface area contributed by atoms with E-state index in [1.165, 1.54) is 4.31 Å². The average molecular weight is 353 g/mol. The Hall–Kier alpha value is -0.950. The van der Waals surface area contributed by atoms with Crippen molar-refractivity contribution in [2.75, 3.05) is 6.54 Å². The summed E-state index contributed by atoms with van der Waals surface area (Å²) in [6.45, 7) is 6.35. The van der Waals surface area contributed by atoms with E-state index in [1.807, 2.05) is 20.8 Å². The Kier molecular flexibility index (Phi) is 4.31. The highest BCUT2D eigenvalue weighted by atomic mass is 32.2. The van der Waals surface area contributed by atoms with Crippen LogP contribution in [0.1, 0.15) is 45.1 Å². The van der Waals surface area contributed by atoms with E-state index in [1.54, 1.807) is 24.3 Å². The summed E-state index contributed by atoms with van der Waals surface area (Å²) in [5, 5.41) is 21.1. The highest BCUT2D eigenvalue weighted by Crippen LogP contribution is 2.50. The molecular formula is C18H27NO4S. The topological polar surface area (TPSA) is 77.8 Å². The summed E-state index contributed by atoms with van der Waals surface area (Å²) in [6, 6.07) is 6.80. The fourth-order valence-electron chi connectivity index (χ4n) is 4.59. The lowest BCUT2D eigenvalue weighted by molar-refractivity contribution is -0.119. The lowest BCUT2D eigenvalue weighted by atomic mass is 9.65. The molecule has 0 bridgehead atoms. The lowest BCUT2D eigenvalue weighted by Gasteiger charge is -2.51. The molecule has 6 heteroatoms. The number of aliphatic hydroxyl groups is 2. The number of hydrogen-bond acceptors (Lipinski definition) is 4. The molecule has 0 aromatic heterocycles. The number of hydrogen-bond donors (Lipinski definition) is 2. The van der Waals surface area contributed by atoms with Crippen molar-refractivity contribution >= 4 is 10.0 Å². The van der Waals surface area contributed by atoms with Crippen LogP contribution < -0.4 is 0 Å². The first-order valence-electron chi connectivity index (χ1n) is 8.54. The van der Waals surface area contributed by atoms with Crippen LogP contribution >= 0.6 is 0 Å². The second-order valence-corrected chi connectivity index (χ2v) is 10.0. The summed E-state index contributed by atoms with van der Waals surface area (Å²) in [6.07, 6.45) is 0.373. The van der Waals surface area contributed by atoms with Crippen molar-refractivity contribution in [3.05, 3.63) is 29.8 Å². The van der Waals surface area contributed by atoms with Gasteiger partial charge in [0.2, 0.25) is 10.0 Å². The molecule has 1 saturated heterocycles. The molecule has 24 heavy (non-hydrogen) atoms. The van der Waals surface area contributed by atoms with Gasteiger partial charge in [-0.1, -0.05) is 31.5 Å². The van der Waals surface area contributed by atoms with Crippen LogP contribution in [0.2, 0.25) is 0 Å². The predicted octanol–water partition coefficient (Wildman–Crippen LogP) is 2.06. The number of sulfonamides is 1. The van der Waals surface area contributed by atoms with Gasteiger partial charge in [-0.25, -0.2) is 8.42 Å². The largest absolute Gasteiger partial charge is 0.390 e. The second-order valence-electron chi connectivity index (χ2n) is 8.15. The molecular weight excluding hydrogens is 326 g/mol. The maximum Gasteiger partial charge on any atom is 0.243 e. The highest BCUT2D eigenvalue weighted by Gasteiger charge is 2.58. The summed E-state index contributed by atoms with van der Waals surface area (Å²) in [4.78, 5) is 0.249. The number of benzene rings is 1. The van der Waals surface area contributed by atoms with Crippen molar-refractivity contribution in [3.63, 3.8) is 0 Å². The van der Waals surface area contributed by atoms with Gasteiger partial charge in [-0.15, -0.1) is 0 Å². The summed E-state index contributed by atoms with van der Waals surface area (Å²) in [5.41, 5.74) is -0.131. The van der Waals surface area contributed by atoms with Gasteiger partial charge in [0.05, 0.1) is 22.6 Å². The average Bonchev–Trinajstić information content (AvgIpc) is 2.89. The Labute approximate surface area is 144 Å². The smallest absolute Gasteiger partial charge is 0.243 e. The van der Waals surface area contributed by atoms with Crippen LogP contribution in [-0.2, 0) is 10.0 Å². The second kappa shape index (κ2) is 5.80. The van der Waals surface area contributed by atoms with E-state index >= 15 is 0 Å². The van der Waals surface area contributed by atoms with Gasteiger partial charge in [0.15, 0.2) is 0 Å². The number of nitrogens with zero attached hydrogens (tertiary/aromatic N) is 1. The fraction of sp³-hybridized carbons (Fsp3) is 0.667. The molecule has 2 aliphatic rings. The van der Waals surface area contributed by atoms with Crippen LogP contribution in [0, 0.1) is 12.3 Å². The molecule has 1 aliphatic carbocycles. The highest BCUT2D eigenvalue weighted by molar-refractivity contribution is 7.89. The summed E-state index contributed by atoms with van der Waals surface area (Å²) in [7, 11) is -3.71. The number of rotatable bonds is 2. The van der Waals surface area contributed by atoms with Crippen LogP contribution in [0.4, 0.5) is 0 Å². The van der Waals surface area contributed by atoms with Crippen molar-refractivity contribution in [3.8, 4) is 0 Å². The minimum absolute atomic E-state index is 0.218. The lowest BCUT2D eigenvalue weighted by Crippen LogP contribution is -2.63. The van der Waals surface area contributed by atoms with Gasteiger partial charge >= 0.3 is 0 Å². The van der Waals surface area contributed by atoms with Crippen LogP contribution in [0.15, 0.2) is 29.2 Å². The molecule has 1 heterocycles. The SMILES string of the molecule is Cc1ccc(S(=O)(=O)N2CCC[C@]23CC(C)(C)C[C@@H](O)[C@H]3O)cc1. The van der Waals surface area contributed by atoms with Gasteiger partial charge in [0.1, 0.15) is 0 Å². The van der Waals surface area contributed by atoms with E-state index < -0.39 is 27.8 Å². The monoisotopic (exact) mass is 353 g/mol. The molecule has 5 nitrogen and oxygen atoms in total. The normalized spacial score (nSPS) is 33.9. The molecule has 1 aliphatic heterocycles. The van der Waals surface area contributed by atoms with E-state index in [0.717, 1.165) is 5.56 Å². The molecule has 1 aromatic rings. The van der Waals surface area contributed by atoms with Gasteiger partial charge in [0.25, 0.3) is 0 Å². The van der Waals surface area contributed by atoms with Crippen molar-refractivity contribution in [2.45, 2.75) is 69.1 Å². The molecule has 3 rings (SSSR count). The molecule has 2 N–H and O–H groups in total. The molecule has 1 saturated carbocycles. The third-order valence-corrected chi connectivity index (χ3v) is 7.53. The van der Waals surface area contributed by atoms with Crippen molar-refractivity contribution in [1.82, 2.24) is 4.31 Å². The van der Waals surface area contributed by atoms with Gasteiger partial charge in [0, 0.05) is 6.54 Å². The Bertz CT molecular complexity index is 713. The number of aryl methyl sites for hydroxylation is 1. The molecule has 0 amide bonds. The Morgan fingerprint density at radius 1 is 1.17 bits per heavy atom. The first kappa shape index (κ1) is 17.9. The molecule has 0 unspecified atom stereocenters. The molecule has 2 fully saturated rings. The first-order chi connectivity index (χ1) is 11.1. The third-order valence-electron chi connectivity index (χ3n) is 5.54. The molecule has 0 radical (unpaired) electrons. The van der Waals surface area contributed by atoms with E-state index in [0.29, 0.717) is 32.2 Å². The summed E-state index contributed by atoms with van der Waals surface area (Å²) in [5.74, 6) is 0. The first-order valence-corrected chi connectivity index (χ1v) is 9.98. The predicted molar refractivity (Wildman–Crippen MR) is 92.1 cm³/mol.